The Morgan fingerprint density at radius 3 is 2.60 bits per heavy atom. The summed E-state index contributed by atoms with van der Waals surface area (Å²) < 4.78 is 11.0. The lowest BCUT2D eigenvalue weighted by Gasteiger charge is -2.16. The number of amidine groups is 1. The van der Waals surface area contributed by atoms with Crippen molar-refractivity contribution < 1.29 is 14.7 Å². The topological polar surface area (TPSA) is 77.1 Å². The zero-order valence-corrected chi connectivity index (χ0v) is 12.6. The van der Waals surface area contributed by atoms with E-state index in [1.807, 2.05) is 12.1 Å². The molecule has 0 aromatic heterocycles. The number of nitrogens with two attached hydrogens (primary N) is 1. The van der Waals surface area contributed by atoms with Gasteiger partial charge in [-0.05, 0) is 37.0 Å². The molecule has 1 aromatic rings. The van der Waals surface area contributed by atoms with Crippen molar-refractivity contribution >= 4 is 5.84 Å². The average molecular weight is 280 g/mol. The van der Waals surface area contributed by atoms with Crippen molar-refractivity contribution in [2.24, 2.45) is 16.8 Å². The Balaban J connectivity index is 2.77. The summed E-state index contributed by atoms with van der Waals surface area (Å²) in [6, 6.07) is 5.52. The zero-order valence-electron chi connectivity index (χ0n) is 12.6. The van der Waals surface area contributed by atoms with Crippen LogP contribution in [-0.2, 0) is 11.3 Å². The van der Waals surface area contributed by atoms with Crippen molar-refractivity contribution in [3.05, 3.63) is 29.3 Å². The standard InChI is InChI=1S/C15H24N2O3/c1-10(2)7-11(3)20-9-12-5-6-14(19-4)13(8-12)15(16)17-18/h5-6,8,10-11,18H,7,9H2,1-4H3,(H2,16,17). The van der Waals surface area contributed by atoms with E-state index in [-0.39, 0.29) is 11.9 Å². The average Bonchev–Trinajstić information content (AvgIpc) is 2.43. The third-order valence-electron chi connectivity index (χ3n) is 2.99. The van der Waals surface area contributed by atoms with Crippen molar-refractivity contribution in [3.63, 3.8) is 0 Å². The van der Waals surface area contributed by atoms with Gasteiger partial charge in [0.15, 0.2) is 5.84 Å². The minimum Gasteiger partial charge on any atom is -0.496 e. The molecule has 1 rings (SSSR count). The summed E-state index contributed by atoms with van der Waals surface area (Å²) in [5.41, 5.74) is 7.16. The van der Waals surface area contributed by atoms with Gasteiger partial charge in [-0.1, -0.05) is 25.1 Å². The summed E-state index contributed by atoms with van der Waals surface area (Å²) in [7, 11) is 1.55. The quantitative estimate of drug-likeness (QED) is 0.348. The van der Waals surface area contributed by atoms with Gasteiger partial charge in [0.25, 0.3) is 0 Å². The minimum atomic E-state index is 0.0268. The van der Waals surface area contributed by atoms with E-state index in [9.17, 15) is 0 Å². The van der Waals surface area contributed by atoms with E-state index < -0.39 is 0 Å². The molecule has 1 unspecified atom stereocenters. The molecule has 0 fully saturated rings. The SMILES string of the molecule is COc1ccc(COC(C)CC(C)C)cc1C(N)=NO. The number of ether oxygens (including phenoxy) is 2. The molecule has 0 heterocycles. The number of rotatable bonds is 7. The zero-order chi connectivity index (χ0) is 15.1. The van der Waals surface area contributed by atoms with Gasteiger partial charge in [0.05, 0.1) is 25.4 Å². The summed E-state index contributed by atoms with van der Waals surface area (Å²) >= 11 is 0. The Morgan fingerprint density at radius 2 is 2.05 bits per heavy atom. The number of hydrogen-bond acceptors (Lipinski definition) is 4. The van der Waals surface area contributed by atoms with Gasteiger partial charge in [-0.15, -0.1) is 0 Å². The van der Waals surface area contributed by atoms with Crippen LogP contribution in [0.1, 0.15) is 38.3 Å². The normalized spacial score (nSPS) is 13.6. The van der Waals surface area contributed by atoms with Crippen molar-refractivity contribution in [2.75, 3.05) is 7.11 Å². The van der Waals surface area contributed by atoms with Crippen LogP contribution >= 0.6 is 0 Å². The molecule has 3 N–H and O–H groups in total. The van der Waals surface area contributed by atoms with Crippen LogP contribution in [0.2, 0.25) is 0 Å². The molecule has 5 nitrogen and oxygen atoms in total. The van der Waals surface area contributed by atoms with Crippen LogP contribution in [0.15, 0.2) is 23.4 Å². The Hall–Kier alpha value is -1.75. The second kappa shape index (κ2) is 7.75. The summed E-state index contributed by atoms with van der Waals surface area (Å²) in [4.78, 5) is 0. The van der Waals surface area contributed by atoms with E-state index in [1.54, 1.807) is 13.2 Å². The number of nitrogens with zero attached hydrogens (tertiary/aromatic N) is 1. The molecule has 5 heteroatoms. The molecule has 0 radical (unpaired) electrons. The molecule has 0 amide bonds. The molecule has 0 saturated heterocycles. The molecule has 1 aromatic carbocycles. The van der Waals surface area contributed by atoms with Gasteiger partial charge in [-0.3, -0.25) is 0 Å². The van der Waals surface area contributed by atoms with E-state index in [0.717, 1.165) is 12.0 Å². The number of methoxy groups -OCH3 is 1. The molecular formula is C15H24N2O3. The van der Waals surface area contributed by atoms with Gasteiger partial charge in [-0.2, -0.15) is 0 Å². The first kappa shape index (κ1) is 16.3. The van der Waals surface area contributed by atoms with Crippen LogP contribution in [-0.4, -0.2) is 24.3 Å². The van der Waals surface area contributed by atoms with Gasteiger partial charge >= 0.3 is 0 Å². The monoisotopic (exact) mass is 280 g/mol. The number of oxime groups is 1. The Bertz CT molecular complexity index is 458. The summed E-state index contributed by atoms with van der Waals surface area (Å²) in [5.74, 6) is 1.20. The molecule has 0 aliphatic heterocycles. The number of hydrogen-bond donors (Lipinski definition) is 2. The molecule has 20 heavy (non-hydrogen) atoms. The largest absolute Gasteiger partial charge is 0.496 e. The van der Waals surface area contributed by atoms with E-state index in [4.69, 9.17) is 20.4 Å². The summed E-state index contributed by atoms with van der Waals surface area (Å²) in [6.45, 7) is 6.89. The molecular weight excluding hydrogens is 256 g/mol. The lowest BCUT2D eigenvalue weighted by Crippen LogP contribution is -2.15. The van der Waals surface area contributed by atoms with E-state index >= 15 is 0 Å². The van der Waals surface area contributed by atoms with Crippen LogP contribution in [0.4, 0.5) is 0 Å². The van der Waals surface area contributed by atoms with E-state index in [2.05, 4.69) is 25.9 Å². The van der Waals surface area contributed by atoms with Gasteiger partial charge < -0.3 is 20.4 Å². The first-order chi connectivity index (χ1) is 9.47. The third-order valence-corrected chi connectivity index (χ3v) is 2.99. The number of benzene rings is 1. The maximum atomic E-state index is 8.79. The molecule has 0 bridgehead atoms. The predicted octanol–water partition coefficient (Wildman–Crippen LogP) is 2.74. The third kappa shape index (κ3) is 4.74. The van der Waals surface area contributed by atoms with Crippen LogP contribution in [0, 0.1) is 5.92 Å². The molecule has 0 aliphatic carbocycles. The highest BCUT2D eigenvalue weighted by atomic mass is 16.5. The Morgan fingerprint density at radius 1 is 1.35 bits per heavy atom. The Labute approximate surface area is 120 Å². The summed E-state index contributed by atoms with van der Waals surface area (Å²) in [6.07, 6.45) is 1.22. The maximum Gasteiger partial charge on any atom is 0.173 e. The van der Waals surface area contributed by atoms with E-state index in [1.165, 1.54) is 0 Å². The molecule has 0 aliphatic rings. The second-order valence-electron chi connectivity index (χ2n) is 5.27. The van der Waals surface area contributed by atoms with Gasteiger partial charge in [0.2, 0.25) is 0 Å². The first-order valence-corrected chi connectivity index (χ1v) is 6.74. The van der Waals surface area contributed by atoms with Gasteiger partial charge in [-0.25, -0.2) is 0 Å². The van der Waals surface area contributed by atoms with Crippen LogP contribution in [0.5, 0.6) is 5.75 Å². The first-order valence-electron chi connectivity index (χ1n) is 6.74. The molecule has 0 saturated carbocycles. The van der Waals surface area contributed by atoms with Crippen molar-refractivity contribution in [1.29, 1.82) is 0 Å². The van der Waals surface area contributed by atoms with Crippen molar-refractivity contribution in [2.45, 2.75) is 39.9 Å². The van der Waals surface area contributed by atoms with Crippen LogP contribution in [0.25, 0.3) is 0 Å². The highest BCUT2D eigenvalue weighted by molar-refractivity contribution is 5.99. The maximum absolute atomic E-state index is 8.79. The minimum absolute atomic E-state index is 0.0268. The van der Waals surface area contributed by atoms with E-state index in [0.29, 0.717) is 23.8 Å². The second-order valence-corrected chi connectivity index (χ2v) is 5.27. The molecule has 0 spiro atoms. The fourth-order valence-corrected chi connectivity index (χ4v) is 2.07. The van der Waals surface area contributed by atoms with Crippen molar-refractivity contribution in [1.82, 2.24) is 0 Å². The van der Waals surface area contributed by atoms with Crippen LogP contribution < -0.4 is 10.5 Å². The lowest BCUT2D eigenvalue weighted by atomic mass is 10.1. The smallest absolute Gasteiger partial charge is 0.173 e. The highest BCUT2D eigenvalue weighted by Crippen LogP contribution is 2.21. The van der Waals surface area contributed by atoms with Gasteiger partial charge in [0, 0.05) is 0 Å². The molecule has 112 valence electrons. The van der Waals surface area contributed by atoms with Crippen LogP contribution in [0.3, 0.4) is 0 Å². The highest BCUT2D eigenvalue weighted by Gasteiger charge is 2.10. The summed E-state index contributed by atoms with van der Waals surface area (Å²) in [5, 5.41) is 11.8. The fourth-order valence-electron chi connectivity index (χ4n) is 2.07. The lowest BCUT2D eigenvalue weighted by molar-refractivity contribution is 0.0397. The van der Waals surface area contributed by atoms with Crippen molar-refractivity contribution in [3.8, 4) is 5.75 Å². The fraction of sp³-hybridized carbons (Fsp3) is 0.533. The molecule has 1 atom stereocenters. The predicted molar refractivity (Wildman–Crippen MR) is 79.2 cm³/mol. The van der Waals surface area contributed by atoms with Gasteiger partial charge in [0.1, 0.15) is 5.75 Å². The Kier molecular flexibility index (Phi) is 6.31.